The first-order valence-electron chi connectivity index (χ1n) is 7.46. The van der Waals surface area contributed by atoms with Gasteiger partial charge in [0, 0.05) is 6.54 Å². The minimum atomic E-state index is -0.555. The van der Waals surface area contributed by atoms with Crippen LogP contribution in [0.5, 0.6) is 5.75 Å². The normalized spacial score (nSPS) is 10.6. The summed E-state index contributed by atoms with van der Waals surface area (Å²) in [5, 5.41) is 6.42. The molecule has 8 nitrogen and oxygen atoms in total. The van der Waals surface area contributed by atoms with Gasteiger partial charge < -0.3 is 15.8 Å². The average Bonchev–Trinajstić information content (AvgIpc) is 2.52. The molecule has 1 aromatic carbocycles. The number of carbonyl (C=O) groups is 3. The lowest BCUT2D eigenvalue weighted by Crippen LogP contribution is -2.32. The average molecular weight is 334 g/mol. The number of ether oxygens (including phenoxy) is 1. The number of hydrogen-bond donors (Lipinski definition) is 3. The standard InChI is InChI=1S/C16H22N4O4/c1-11(2)8-18-15(22)7-16(23)20-19-9-12-3-5-13(6-4-12)24-10-14(17)21/h3-6,9,11H,7-8,10H2,1-2H3,(H2,17,21)(H,18,22)(H,20,23)/b19-9+. The first kappa shape index (κ1) is 19.1. The Labute approximate surface area is 140 Å². The number of nitrogens with two attached hydrogens (primary N) is 1. The van der Waals surface area contributed by atoms with Gasteiger partial charge in [-0.1, -0.05) is 13.8 Å². The zero-order valence-corrected chi connectivity index (χ0v) is 13.7. The maximum atomic E-state index is 11.5. The molecule has 0 aliphatic rings. The Kier molecular flexibility index (Phi) is 7.97. The van der Waals surface area contributed by atoms with Gasteiger partial charge in [-0.2, -0.15) is 5.10 Å². The van der Waals surface area contributed by atoms with Crippen molar-refractivity contribution < 1.29 is 19.1 Å². The van der Waals surface area contributed by atoms with Crippen molar-refractivity contribution in [2.75, 3.05) is 13.2 Å². The van der Waals surface area contributed by atoms with Crippen LogP contribution < -0.4 is 21.2 Å². The fourth-order valence-electron chi connectivity index (χ4n) is 1.55. The van der Waals surface area contributed by atoms with Crippen LogP contribution in [0.1, 0.15) is 25.8 Å². The number of nitrogens with one attached hydrogen (secondary N) is 2. The molecule has 8 heteroatoms. The second kappa shape index (κ2) is 9.98. The molecule has 0 spiro atoms. The van der Waals surface area contributed by atoms with Crippen molar-refractivity contribution in [3.63, 3.8) is 0 Å². The molecule has 24 heavy (non-hydrogen) atoms. The summed E-state index contributed by atoms with van der Waals surface area (Å²) in [6.07, 6.45) is 1.16. The lowest BCUT2D eigenvalue weighted by Gasteiger charge is -2.06. The summed E-state index contributed by atoms with van der Waals surface area (Å²) in [6.45, 7) is 4.27. The quantitative estimate of drug-likeness (QED) is 0.338. The van der Waals surface area contributed by atoms with E-state index < -0.39 is 11.8 Å². The molecule has 0 aliphatic heterocycles. The van der Waals surface area contributed by atoms with Crippen molar-refractivity contribution in [2.45, 2.75) is 20.3 Å². The smallest absolute Gasteiger partial charge is 0.255 e. The fraction of sp³-hybridized carbons (Fsp3) is 0.375. The molecule has 0 saturated carbocycles. The van der Waals surface area contributed by atoms with Gasteiger partial charge in [0.05, 0.1) is 6.21 Å². The van der Waals surface area contributed by atoms with E-state index in [-0.39, 0.29) is 18.9 Å². The number of amides is 3. The minimum absolute atomic E-state index is 0.192. The highest BCUT2D eigenvalue weighted by Crippen LogP contribution is 2.10. The van der Waals surface area contributed by atoms with Gasteiger partial charge >= 0.3 is 0 Å². The van der Waals surface area contributed by atoms with Crippen molar-refractivity contribution >= 4 is 23.9 Å². The molecule has 1 rings (SSSR count). The van der Waals surface area contributed by atoms with Gasteiger partial charge in [0.2, 0.25) is 11.8 Å². The first-order valence-corrected chi connectivity index (χ1v) is 7.46. The van der Waals surface area contributed by atoms with Gasteiger partial charge in [-0.25, -0.2) is 5.43 Å². The minimum Gasteiger partial charge on any atom is -0.484 e. The summed E-state index contributed by atoms with van der Waals surface area (Å²) in [5.74, 6) is -0.566. The molecule has 0 aliphatic carbocycles. The van der Waals surface area contributed by atoms with E-state index in [0.717, 1.165) is 0 Å². The van der Waals surface area contributed by atoms with Gasteiger partial charge in [-0.3, -0.25) is 14.4 Å². The maximum Gasteiger partial charge on any atom is 0.255 e. The molecular formula is C16H22N4O4. The van der Waals surface area contributed by atoms with E-state index in [4.69, 9.17) is 10.5 Å². The zero-order valence-electron chi connectivity index (χ0n) is 13.7. The van der Waals surface area contributed by atoms with Gasteiger partial charge in [0.15, 0.2) is 6.61 Å². The van der Waals surface area contributed by atoms with Crippen LogP contribution in [0.15, 0.2) is 29.4 Å². The third-order valence-electron chi connectivity index (χ3n) is 2.69. The maximum absolute atomic E-state index is 11.5. The first-order chi connectivity index (χ1) is 11.4. The van der Waals surface area contributed by atoms with E-state index >= 15 is 0 Å². The molecule has 130 valence electrons. The van der Waals surface area contributed by atoms with Crippen LogP contribution in [0.3, 0.4) is 0 Å². The molecule has 0 bridgehead atoms. The largest absolute Gasteiger partial charge is 0.484 e. The SMILES string of the molecule is CC(C)CNC(=O)CC(=O)N/N=C/c1ccc(OCC(N)=O)cc1. The number of benzene rings is 1. The van der Waals surface area contributed by atoms with Crippen molar-refractivity contribution in [3.8, 4) is 5.75 Å². The predicted octanol–water partition coefficient (Wildman–Crippen LogP) is 0.163. The van der Waals surface area contributed by atoms with Crippen LogP contribution in [-0.4, -0.2) is 37.1 Å². The Morgan fingerprint density at radius 2 is 1.88 bits per heavy atom. The fourth-order valence-corrected chi connectivity index (χ4v) is 1.55. The molecule has 1 aromatic rings. The van der Waals surface area contributed by atoms with Gasteiger partial charge in [-0.15, -0.1) is 0 Å². The van der Waals surface area contributed by atoms with Gasteiger partial charge in [-0.05, 0) is 35.7 Å². The molecule has 0 fully saturated rings. The van der Waals surface area contributed by atoms with E-state index in [1.165, 1.54) is 6.21 Å². The van der Waals surface area contributed by atoms with Crippen LogP contribution in [0.2, 0.25) is 0 Å². The Bertz CT molecular complexity index is 597. The summed E-state index contributed by atoms with van der Waals surface area (Å²) >= 11 is 0. The summed E-state index contributed by atoms with van der Waals surface area (Å²) in [7, 11) is 0. The van der Waals surface area contributed by atoms with Crippen LogP contribution in [-0.2, 0) is 14.4 Å². The Morgan fingerprint density at radius 3 is 2.46 bits per heavy atom. The van der Waals surface area contributed by atoms with Crippen molar-refractivity contribution in [3.05, 3.63) is 29.8 Å². The van der Waals surface area contributed by atoms with E-state index in [1.807, 2.05) is 13.8 Å². The molecule has 0 saturated heterocycles. The lowest BCUT2D eigenvalue weighted by atomic mass is 10.2. The Morgan fingerprint density at radius 1 is 1.21 bits per heavy atom. The number of hydrogen-bond acceptors (Lipinski definition) is 5. The highest BCUT2D eigenvalue weighted by molar-refractivity contribution is 5.97. The van der Waals surface area contributed by atoms with Crippen LogP contribution in [0, 0.1) is 5.92 Å². The lowest BCUT2D eigenvalue weighted by molar-refractivity contribution is -0.129. The second-order valence-corrected chi connectivity index (χ2v) is 5.49. The molecule has 0 atom stereocenters. The summed E-state index contributed by atoms with van der Waals surface area (Å²) in [5.41, 5.74) is 7.97. The van der Waals surface area contributed by atoms with Crippen molar-refractivity contribution in [1.82, 2.24) is 10.7 Å². The van der Waals surface area contributed by atoms with Crippen LogP contribution in [0.4, 0.5) is 0 Å². The number of hydrazone groups is 1. The number of nitrogens with zero attached hydrogens (tertiary/aromatic N) is 1. The molecule has 0 unspecified atom stereocenters. The van der Waals surface area contributed by atoms with E-state index in [2.05, 4.69) is 15.8 Å². The summed E-state index contributed by atoms with van der Waals surface area (Å²) in [4.78, 5) is 33.6. The number of primary amides is 1. The third kappa shape index (κ3) is 8.52. The molecule has 0 radical (unpaired) electrons. The van der Waals surface area contributed by atoms with Crippen molar-refractivity contribution in [2.24, 2.45) is 16.8 Å². The highest BCUT2D eigenvalue weighted by Gasteiger charge is 2.08. The van der Waals surface area contributed by atoms with E-state index in [9.17, 15) is 14.4 Å². The molecule has 0 heterocycles. The third-order valence-corrected chi connectivity index (χ3v) is 2.69. The molecule has 0 aromatic heterocycles. The van der Waals surface area contributed by atoms with Gasteiger partial charge in [0.1, 0.15) is 12.2 Å². The molecule has 3 amide bonds. The van der Waals surface area contributed by atoms with E-state index in [1.54, 1.807) is 24.3 Å². The highest BCUT2D eigenvalue weighted by atomic mass is 16.5. The Balaban J connectivity index is 2.36. The predicted molar refractivity (Wildman–Crippen MR) is 89.3 cm³/mol. The molecular weight excluding hydrogens is 312 g/mol. The van der Waals surface area contributed by atoms with Crippen LogP contribution >= 0.6 is 0 Å². The number of carbonyl (C=O) groups excluding carboxylic acids is 3. The summed E-state index contributed by atoms with van der Waals surface area (Å²) < 4.78 is 5.12. The van der Waals surface area contributed by atoms with Crippen molar-refractivity contribution in [1.29, 1.82) is 0 Å². The van der Waals surface area contributed by atoms with Crippen LogP contribution in [0.25, 0.3) is 0 Å². The topological polar surface area (TPSA) is 123 Å². The van der Waals surface area contributed by atoms with E-state index in [0.29, 0.717) is 23.8 Å². The number of rotatable bonds is 9. The Hall–Kier alpha value is -2.90. The molecule has 4 N–H and O–H groups in total. The summed E-state index contributed by atoms with van der Waals surface area (Å²) in [6, 6.07) is 6.68. The second-order valence-electron chi connectivity index (χ2n) is 5.49. The monoisotopic (exact) mass is 334 g/mol. The van der Waals surface area contributed by atoms with Gasteiger partial charge in [0.25, 0.3) is 5.91 Å². The zero-order chi connectivity index (χ0) is 17.9.